The summed E-state index contributed by atoms with van der Waals surface area (Å²) in [5, 5.41) is 16.8. The van der Waals surface area contributed by atoms with Gasteiger partial charge in [0.2, 0.25) is 0 Å². The van der Waals surface area contributed by atoms with Gasteiger partial charge in [-0.1, -0.05) is 17.3 Å². The molecule has 0 unspecified atom stereocenters. The Morgan fingerprint density at radius 3 is 2.00 bits per heavy atom. The molecule has 3 N–H and O–H groups in total. The van der Waals surface area contributed by atoms with Crippen LogP contribution in [0.1, 0.15) is 55.4 Å². The zero-order chi connectivity index (χ0) is 36.3. The number of sulfone groups is 1. The second kappa shape index (κ2) is 14.0. The van der Waals surface area contributed by atoms with Gasteiger partial charge >= 0.3 is 12.2 Å². The fraction of sp³-hybridized carbons (Fsp3) is 0.364. The summed E-state index contributed by atoms with van der Waals surface area (Å²) < 4.78 is 42.2. The Morgan fingerprint density at radius 2 is 1.49 bits per heavy atom. The van der Waals surface area contributed by atoms with Crippen molar-refractivity contribution in [1.29, 1.82) is 5.41 Å². The lowest BCUT2D eigenvalue weighted by Crippen LogP contribution is -2.44. The van der Waals surface area contributed by atoms with Crippen LogP contribution < -0.4 is 15.5 Å². The molecule has 0 fully saturated rings. The normalized spacial score (nSPS) is 12.0. The Hall–Kier alpha value is -5.38. The standard InChI is InChI=1S/C33H40N8O7S/c1-19(2)49(44,45)22-13-10-20(11-14-22)25-18-37-28(41(30(42)46-32(3,4)5)31(43)47-33(6,7)8)27(39-25)26-16-24(40-48-26)23-15-12-21(17-36-23)38-29(34)35-9/h10-19H,1-9H3,(H3,34,35,38). The van der Waals surface area contributed by atoms with E-state index in [-0.39, 0.29) is 33.8 Å². The molecule has 0 radical (unpaired) electrons. The van der Waals surface area contributed by atoms with Gasteiger partial charge in [0.25, 0.3) is 0 Å². The summed E-state index contributed by atoms with van der Waals surface area (Å²) in [5.41, 5.74) is 0.0206. The molecule has 15 nitrogen and oxygen atoms in total. The van der Waals surface area contributed by atoms with Gasteiger partial charge in [-0.15, -0.1) is 0 Å². The Morgan fingerprint density at radius 1 is 0.878 bits per heavy atom. The number of anilines is 2. The number of carbonyl (C=O) groups excluding carboxylic acids is 2. The van der Waals surface area contributed by atoms with Crippen LogP contribution in [0, 0.1) is 5.41 Å². The van der Waals surface area contributed by atoms with Crippen LogP contribution in [0.2, 0.25) is 0 Å². The molecule has 49 heavy (non-hydrogen) atoms. The number of carbonyl (C=O) groups is 2. The highest BCUT2D eigenvalue weighted by atomic mass is 32.2. The molecule has 3 aromatic heterocycles. The number of guanidine groups is 1. The predicted molar refractivity (Wildman–Crippen MR) is 184 cm³/mol. The molecule has 3 heterocycles. The van der Waals surface area contributed by atoms with E-state index in [1.165, 1.54) is 30.6 Å². The number of imide groups is 1. The van der Waals surface area contributed by atoms with Gasteiger partial charge in [-0.05, 0) is 79.7 Å². The fourth-order valence-electron chi connectivity index (χ4n) is 4.13. The van der Waals surface area contributed by atoms with Crippen molar-refractivity contribution in [3.8, 4) is 34.1 Å². The van der Waals surface area contributed by atoms with Gasteiger partial charge in [0, 0.05) is 18.7 Å². The van der Waals surface area contributed by atoms with Crippen LogP contribution in [0.25, 0.3) is 34.1 Å². The van der Waals surface area contributed by atoms with Crippen molar-refractivity contribution in [2.45, 2.75) is 76.7 Å². The first-order valence-electron chi connectivity index (χ1n) is 15.2. The third-order valence-corrected chi connectivity index (χ3v) is 8.68. The molecule has 0 aliphatic heterocycles. The maximum absolute atomic E-state index is 13.6. The molecule has 260 valence electrons. The molecule has 0 saturated heterocycles. The minimum absolute atomic E-state index is 0.0245. The fourth-order valence-corrected chi connectivity index (χ4v) is 5.19. The summed E-state index contributed by atoms with van der Waals surface area (Å²) in [4.78, 5) is 41.5. The second-order valence-electron chi connectivity index (χ2n) is 13.1. The summed E-state index contributed by atoms with van der Waals surface area (Å²) >= 11 is 0. The minimum atomic E-state index is -3.52. The van der Waals surface area contributed by atoms with Gasteiger partial charge in [-0.2, -0.15) is 4.90 Å². The Bertz CT molecular complexity index is 1920. The molecule has 0 bridgehead atoms. The Kier molecular flexibility index (Phi) is 10.4. The molecule has 16 heteroatoms. The van der Waals surface area contributed by atoms with E-state index in [4.69, 9.17) is 24.4 Å². The van der Waals surface area contributed by atoms with Crippen LogP contribution in [0.3, 0.4) is 0 Å². The molecule has 0 aliphatic rings. The number of hydrogen-bond donors (Lipinski definition) is 3. The average Bonchev–Trinajstić information content (AvgIpc) is 3.50. The van der Waals surface area contributed by atoms with E-state index in [0.717, 1.165) is 0 Å². The van der Waals surface area contributed by atoms with Crippen molar-refractivity contribution in [2.75, 3.05) is 17.3 Å². The topological polar surface area (TPSA) is 203 Å². The largest absolute Gasteiger partial charge is 0.443 e. The van der Waals surface area contributed by atoms with Crippen molar-refractivity contribution < 1.29 is 32.0 Å². The number of rotatable bonds is 7. The van der Waals surface area contributed by atoms with E-state index in [2.05, 4.69) is 25.8 Å². The maximum atomic E-state index is 13.6. The molecular formula is C33H40N8O7S. The van der Waals surface area contributed by atoms with E-state index in [0.29, 0.717) is 27.5 Å². The van der Waals surface area contributed by atoms with Crippen LogP contribution in [0.4, 0.5) is 21.1 Å². The van der Waals surface area contributed by atoms with Gasteiger partial charge in [-0.3, -0.25) is 10.4 Å². The number of nitrogens with zero attached hydrogens (tertiary/aromatic N) is 5. The van der Waals surface area contributed by atoms with Gasteiger partial charge in [0.15, 0.2) is 33.1 Å². The smallest absolute Gasteiger partial charge is 0.425 e. The Balaban J connectivity index is 1.86. The van der Waals surface area contributed by atoms with Crippen LogP contribution >= 0.6 is 0 Å². The first-order valence-corrected chi connectivity index (χ1v) is 16.8. The van der Waals surface area contributed by atoms with E-state index < -0.39 is 38.5 Å². The van der Waals surface area contributed by atoms with E-state index in [1.807, 2.05) is 0 Å². The number of pyridine rings is 1. The third-order valence-electron chi connectivity index (χ3n) is 6.51. The summed E-state index contributed by atoms with van der Waals surface area (Å²) in [7, 11) is -1.91. The summed E-state index contributed by atoms with van der Waals surface area (Å²) in [5.74, 6) is -0.150. The summed E-state index contributed by atoms with van der Waals surface area (Å²) in [6.07, 6.45) is 0.715. The predicted octanol–water partition coefficient (Wildman–Crippen LogP) is 6.29. The zero-order valence-electron chi connectivity index (χ0n) is 28.8. The van der Waals surface area contributed by atoms with Gasteiger partial charge in [0.1, 0.15) is 16.9 Å². The van der Waals surface area contributed by atoms with Crippen LogP contribution in [0.15, 0.2) is 64.3 Å². The summed E-state index contributed by atoms with van der Waals surface area (Å²) in [6, 6.07) is 11.0. The number of benzene rings is 1. The van der Waals surface area contributed by atoms with E-state index in [9.17, 15) is 18.0 Å². The number of hydrogen-bond acceptors (Lipinski definition) is 12. The quantitative estimate of drug-likeness (QED) is 0.144. The monoisotopic (exact) mass is 692 g/mol. The number of ether oxygens (including phenoxy) is 2. The minimum Gasteiger partial charge on any atom is -0.443 e. The molecule has 4 rings (SSSR count). The maximum Gasteiger partial charge on any atom is 0.425 e. The average molecular weight is 693 g/mol. The second-order valence-corrected chi connectivity index (χ2v) is 15.6. The highest BCUT2D eigenvalue weighted by Crippen LogP contribution is 2.34. The highest BCUT2D eigenvalue weighted by molar-refractivity contribution is 7.92. The van der Waals surface area contributed by atoms with Crippen molar-refractivity contribution in [2.24, 2.45) is 0 Å². The SMILES string of the molecule is CNC(=N)Nc1ccc(-c2cc(-c3nc(-c4ccc(S(=O)(=O)C(C)C)cc4)cnc3N(C(=O)OC(C)(C)C)C(=O)OC(C)(C)C)on2)nc1. The van der Waals surface area contributed by atoms with Gasteiger partial charge in [-0.25, -0.2) is 28.0 Å². The lowest BCUT2D eigenvalue weighted by Gasteiger charge is -2.28. The molecule has 1 aromatic carbocycles. The lowest BCUT2D eigenvalue weighted by atomic mass is 10.1. The molecule has 4 aromatic rings. The number of amides is 2. The Labute approximate surface area is 284 Å². The van der Waals surface area contributed by atoms with E-state index in [1.54, 1.807) is 86.7 Å². The van der Waals surface area contributed by atoms with Crippen molar-refractivity contribution in [3.05, 3.63) is 54.9 Å². The van der Waals surface area contributed by atoms with Crippen LogP contribution in [-0.2, 0) is 19.3 Å². The first-order chi connectivity index (χ1) is 22.8. The molecule has 0 aliphatic carbocycles. The lowest BCUT2D eigenvalue weighted by molar-refractivity contribution is 0.0429. The van der Waals surface area contributed by atoms with Crippen molar-refractivity contribution in [3.63, 3.8) is 0 Å². The first kappa shape index (κ1) is 36.5. The van der Waals surface area contributed by atoms with Crippen LogP contribution in [-0.4, -0.2) is 70.2 Å². The van der Waals surface area contributed by atoms with E-state index >= 15 is 0 Å². The highest BCUT2D eigenvalue weighted by Gasteiger charge is 2.37. The molecule has 0 spiro atoms. The van der Waals surface area contributed by atoms with Crippen molar-refractivity contribution in [1.82, 2.24) is 25.4 Å². The molecular weight excluding hydrogens is 652 g/mol. The summed E-state index contributed by atoms with van der Waals surface area (Å²) in [6.45, 7) is 13.1. The zero-order valence-corrected chi connectivity index (χ0v) is 29.6. The van der Waals surface area contributed by atoms with Crippen LogP contribution in [0.5, 0.6) is 0 Å². The number of nitrogens with one attached hydrogen (secondary N) is 3. The third kappa shape index (κ3) is 8.95. The number of aromatic nitrogens is 4. The molecule has 2 amide bonds. The molecule has 0 atom stereocenters. The van der Waals surface area contributed by atoms with Gasteiger partial charge < -0.3 is 24.6 Å². The van der Waals surface area contributed by atoms with Crippen molar-refractivity contribution >= 4 is 39.5 Å². The molecule has 0 saturated carbocycles. The van der Waals surface area contributed by atoms with Gasteiger partial charge in [0.05, 0.1) is 39.6 Å².